The lowest BCUT2D eigenvalue weighted by atomic mass is 10.0. The number of fused-ring (bicyclic) bond motifs is 11. The molecule has 0 spiro atoms. The molecule has 0 amide bonds. The second kappa shape index (κ2) is 16.3. The molecule has 0 unspecified atom stereocenters. The lowest BCUT2D eigenvalue weighted by Crippen LogP contribution is -2.23. The summed E-state index contributed by atoms with van der Waals surface area (Å²) in [4.78, 5) is 9.55. The number of para-hydroxylation sites is 12. The van der Waals surface area contributed by atoms with Crippen LogP contribution in [0.1, 0.15) is 0 Å². The van der Waals surface area contributed by atoms with Gasteiger partial charge in [0.1, 0.15) is 11.0 Å². The number of benzene rings is 11. The molecule has 0 N–H and O–H groups in total. The van der Waals surface area contributed by atoms with Crippen LogP contribution in [0, 0.1) is 0 Å². The number of hydrogen-bond donors (Lipinski definition) is 0. The predicted molar refractivity (Wildman–Crippen MR) is 312 cm³/mol. The molecule has 0 saturated heterocycles. The average molecular weight is 979 g/mol. The van der Waals surface area contributed by atoms with E-state index in [1.807, 2.05) is 0 Å². The Morgan fingerprint density at radius 3 is 0.880 bits per heavy atom. The molecule has 5 heterocycles. The Labute approximate surface area is 436 Å². The molecule has 0 fully saturated rings. The third kappa shape index (κ3) is 6.10. The molecule has 0 saturated carbocycles. The van der Waals surface area contributed by atoms with Crippen molar-refractivity contribution in [1.29, 1.82) is 0 Å². The van der Waals surface area contributed by atoms with Crippen molar-refractivity contribution in [2.75, 3.05) is 19.6 Å². The van der Waals surface area contributed by atoms with E-state index in [1.165, 1.54) is 22.5 Å². The topological polar surface area (TPSA) is 48.6 Å². The van der Waals surface area contributed by atoms with Crippen LogP contribution in [0.2, 0.25) is 0 Å². The molecule has 352 valence electrons. The average Bonchev–Trinajstić information content (AvgIpc) is 4.26. The highest BCUT2D eigenvalue weighted by Crippen LogP contribution is 2.56. The minimum Gasteiger partial charge on any atom is -0.307 e. The molecule has 2 aliphatic rings. The van der Waals surface area contributed by atoms with Gasteiger partial charge in [0.05, 0.1) is 90.7 Å². The van der Waals surface area contributed by atoms with Crippen LogP contribution in [-0.4, -0.2) is 17.9 Å². The van der Waals surface area contributed by atoms with E-state index in [2.05, 4.69) is 284 Å². The summed E-state index contributed by atoms with van der Waals surface area (Å²) in [7, 11) is 0. The first-order valence-electron chi connectivity index (χ1n) is 25.3. The molecule has 8 nitrogen and oxygen atoms in total. The van der Waals surface area contributed by atoms with E-state index in [-0.39, 0.29) is 0 Å². The maximum atomic E-state index is 5.11. The summed E-state index contributed by atoms with van der Waals surface area (Å²) >= 11 is 1.26. The summed E-state index contributed by atoms with van der Waals surface area (Å²) < 4.78 is 15.0. The number of aromatic nitrogens is 4. The van der Waals surface area contributed by atoms with Crippen LogP contribution in [0.25, 0.3) is 66.0 Å². The molecule has 75 heavy (non-hydrogen) atoms. The SMILES string of the molecule is c1ccc(N2c3ccccc3N(c3ccc4c(c3)c3ccccc3n4-c3ccc(-n4c5ccccc5c5cc(N6c7ccccc7N(c7ccccc7)c7ccccc76)ccc54)c4nsnc34)c3ccccc32)cc1. The molecular weight excluding hydrogens is 937 g/mol. The van der Waals surface area contributed by atoms with Crippen LogP contribution in [-0.2, 0) is 0 Å². The Bertz CT molecular complexity index is 4210. The predicted octanol–water partition coefficient (Wildman–Crippen LogP) is 18.4. The zero-order valence-corrected chi connectivity index (χ0v) is 41.1. The van der Waals surface area contributed by atoms with Gasteiger partial charge in [0.2, 0.25) is 0 Å². The van der Waals surface area contributed by atoms with Crippen LogP contribution >= 0.6 is 11.7 Å². The van der Waals surface area contributed by atoms with Gasteiger partial charge in [0.25, 0.3) is 0 Å². The molecule has 0 bridgehead atoms. The van der Waals surface area contributed by atoms with Crippen LogP contribution in [0.15, 0.2) is 255 Å². The lowest BCUT2D eigenvalue weighted by Gasteiger charge is -2.40. The van der Waals surface area contributed by atoms with Gasteiger partial charge in [0, 0.05) is 44.3 Å². The van der Waals surface area contributed by atoms with Crippen molar-refractivity contribution in [1.82, 2.24) is 17.9 Å². The molecule has 0 radical (unpaired) electrons. The minimum atomic E-state index is 0.858. The second-order valence-electron chi connectivity index (χ2n) is 19.1. The van der Waals surface area contributed by atoms with Crippen molar-refractivity contribution >= 4 is 135 Å². The summed E-state index contributed by atoms with van der Waals surface area (Å²) in [6.45, 7) is 0. The fraction of sp³-hybridized carbons (Fsp3) is 0. The first kappa shape index (κ1) is 41.6. The minimum absolute atomic E-state index is 0.858. The van der Waals surface area contributed by atoms with Gasteiger partial charge in [-0.05, 0) is 133 Å². The number of anilines is 12. The highest BCUT2D eigenvalue weighted by molar-refractivity contribution is 7.00. The highest BCUT2D eigenvalue weighted by atomic mass is 32.1. The third-order valence-corrected chi connectivity index (χ3v) is 15.7. The molecule has 9 heteroatoms. The van der Waals surface area contributed by atoms with E-state index < -0.39 is 0 Å². The van der Waals surface area contributed by atoms with Crippen LogP contribution in [0.5, 0.6) is 0 Å². The molecule has 16 rings (SSSR count). The fourth-order valence-corrected chi connectivity index (χ4v) is 12.6. The standard InChI is InChI=1S/C66H42N8S/c1-3-19-43(20-4-1)69-55-27-11-15-31-59(55)71(60-32-16-12-28-56(60)69)45-35-37-53-49(41-45)47-23-7-9-25-51(47)73(53)63-39-40-64(66-65(63)67-75-68-66)74-52-26-10-8-24-48(52)50-42-46(36-38-54(50)74)72-61-33-17-13-29-57(61)70(44-21-5-2-6-22-44)58-30-14-18-34-62(58)72/h1-42H. The molecule has 3 aromatic heterocycles. The Morgan fingerprint density at radius 2 is 0.520 bits per heavy atom. The Hall–Kier alpha value is -9.96. The zero-order valence-electron chi connectivity index (χ0n) is 40.2. The molecular formula is C66H42N8S. The normalized spacial score (nSPS) is 13.0. The first-order chi connectivity index (χ1) is 37.3. The summed E-state index contributed by atoms with van der Waals surface area (Å²) in [5.41, 5.74) is 21.5. The van der Waals surface area contributed by atoms with Crippen molar-refractivity contribution in [3.63, 3.8) is 0 Å². The van der Waals surface area contributed by atoms with Crippen molar-refractivity contribution in [2.45, 2.75) is 0 Å². The Balaban J connectivity index is 0.836. The molecule has 11 aromatic carbocycles. The fourth-order valence-electron chi connectivity index (χ4n) is 12.1. The number of nitrogens with zero attached hydrogens (tertiary/aromatic N) is 8. The Kier molecular flexibility index (Phi) is 9.04. The third-order valence-electron chi connectivity index (χ3n) is 15.2. The van der Waals surface area contributed by atoms with E-state index in [4.69, 9.17) is 8.75 Å². The Morgan fingerprint density at radius 1 is 0.227 bits per heavy atom. The van der Waals surface area contributed by atoms with Gasteiger partial charge in [-0.1, -0.05) is 121 Å². The summed E-state index contributed by atoms with van der Waals surface area (Å²) in [5, 5.41) is 4.66. The van der Waals surface area contributed by atoms with Crippen molar-refractivity contribution in [2.24, 2.45) is 0 Å². The van der Waals surface area contributed by atoms with Crippen molar-refractivity contribution < 1.29 is 0 Å². The van der Waals surface area contributed by atoms with Gasteiger partial charge < -0.3 is 28.7 Å². The van der Waals surface area contributed by atoms with Gasteiger partial charge >= 0.3 is 0 Å². The van der Waals surface area contributed by atoms with Crippen LogP contribution in [0.4, 0.5) is 68.2 Å². The lowest BCUT2D eigenvalue weighted by molar-refractivity contribution is 1.16. The van der Waals surface area contributed by atoms with E-state index in [0.717, 1.165) is 123 Å². The maximum absolute atomic E-state index is 5.11. The van der Waals surface area contributed by atoms with Crippen LogP contribution in [0.3, 0.4) is 0 Å². The first-order valence-corrected chi connectivity index (χ1v) is 26.0. The second-order valence-corrected chi connectivity index (χ2v) is 19.7. The highest BCUT2D eigenvalue weighted by Gasteiger charge is 2.33. The van der Waals surface area contributed by atoms with E-state index in [1.54, 1.807) is 0 Å². The zero-order chi connectivity index (χ0) is 49.1. The summed E-state index contributed by atoms with van der Waals surface area (Å²) in [5.74, 6) is 0. The van der Waals surface area contributed by atoms with Crippen molar-refractivity contribution in [3.8, 4) is 11.4 Å². The molecule has 14 aromatic rings. The smallest absolute Gasteiger partial charge is 0.130 e. The number of hydrogen-bond acceptors (Lipinski definition) is 7. The number of rotatable bonds is 6. The van der Waals surface area contributed by atoms with E-state index >= 15 is 0 Å². The summed E-state index contributed by atoms with van der Waals surface area (Å²) in [6, 6.07) is 91.9. The summed E-state index contributed by atoms with van der Waals surface area (Å²) in [6.07, 6.45) is 0. The van der Waals surface area contributed by atoms with Crippen molar-refractivity contribution in [3.05, 3.63) is 255 Å². The monoisotopic (exact) mass is 978 g/mol. The van der Waals surface area contributed by atoms with Gasteiger partial charge in [-0.15, -0.1) is 0 Å². The quantitative estimate of drug-likeness (QED) is 0.165. The van der Waals surface area contributed by atoms with E-state index in [0.29, 0.717) is 0 Å². The largest absolute Gasteiger partial charge is 0.307 e. The maximum Gasteiger partial charge on any atom is 0.130 e. The van der Waals surface area contributed by atoms with Gasteiger partial charge in [-0.25, -0.2) is 0 Å². The molecule has 0 aliphatic carbocycles. The van der Waals surface area contributed by atoms with Gasteiger partial charge in [-0.3, -0.25) is 0 Å². The van der Waals surface area contributed by atoms with Gasteiger partial charge in [-0.2, -0.15) is 8.75 Å². The van der Waals surface area contributed by atoms with E-state index in [9.17, 15) is 0 Å². The molecule has 0 atom stereocenters. The van der Waals surface area contributed by atoms with Gasteiger partial charge in [0.15, 0.2) is 0 Å². The van der Waals surface area contributed by atoms with Crippen LogP contribution < -0.4 is 19.6 Å². The molecule has 2 aliphatic heterocycles.